The van der Waals surface area contributed by atoms with Crippen LogP contribution < -0.4 is 25.3 Å². The number of anilines is 1. The summed E-state index contributed by atoms with van der Waals surface area (Å²) in [5, 5.41) is 3.11. The number of nitrogens with one attached hydrogen (secondary N) is 1. The van der Waals surface area contributed by atoms with Crippen molar-refractivity contribution in [2.45, 2.75) is 34.2 Å². The van der Waals surface area contributed by atoms with Gasteiger partial charge in [0.25, 0.3) is 0 Å². The van der Waals surface area contributed by atoms with Crippen LogP contribution in [0.2, 0.25) is 0 Å². The number of aliphatic imine (C=N–C) groups is 1. The van der Waals surface area contributed by atoms with E-state index in [1.54, 1.807) is 0 Å². The first-order chi connectivity index (χ1) is 13.1. The second-order valence-corrected chi connectivity index (χ2v) is 5.89. The quantitative estimate of drug-likeness (QED) is 0.296. The number of nitrogens with zero attached hydrogens (tertiary/aromatic N) is 1. The number of benzene rings is 2. The van der Waals surface area contributed by atoms with Crippen molar-refractivity contribution >= 4 is 35.6 Å². The Balaban J connectivity index is 0.00000392. The van der Waals surface area contributed by atoms with Crippen LogP contribution in [-0.4, -0.2) is 25.8 Å². The summed E-state index contributed by atoms with van der Waals surface area (Å²) in [6.07, 6.45) is 0. The minimum atomic E-state index is 0. The number of rotatable bonds is 9. The molecule has 2 rings (SSSR count). The van der Waals surface area contributed by atoms with E-state index in [2.05, 4.69) is 10.3 Å². The fourth-order valence-electron chi connectivity index (χ4n) is 2.57. The molecule has 2 aromatic rings. The SMILES string of the molecule is CCOc1ccc(OCC)c(NC(N)=NCc2ccc(C)cc2OCC)c1.I. The molecular formula is C21H30IN3O3. The van der Waals surface area contributed by atoms with Crippen molar-refractivity contribution in [3.8, 4) is 17.2 Å². The van der Waals surface area contributed by atoms with Gasteiger partial charge >= 0.3 is 0 Å². The molecule has 0 amide bonds. The van der Waals surface area contributed by atoms with Crippen LogP contribution >= 0.6 is 24.0 Å². The topological polar surface area (TPSA) is 78.1 Å². The van der Waals surface area contributed by atoms with Gasteiger partial charge in [0.15, 0.2) is 5.96 Å². The number of hydrogen-bond acceptors (Lipinski definition) is 4. The van der Waals surface area contributed by atoms with E-state index in [-0.39, 0.29) is 24.0 Å². The van der Waals surface area contributed by atoms with E-state index in [9.17, 15) is 0 Å². The Labute approximate surface area is 184 Å². The summed E-state index contributed by atoms with van der Waals surface area (Å²) in [4.78, 5) is 4.45. The lowest BCUT2D eigenvalue weighted by atomic mass is 10.1. The zero-order valence-corrected chi connectivity index (χ0v) is 19.3. The highest BCUT2D eigenvalue weighted by Crippen LogP contribution is 2.29. The molecule has 0 aromatic heterocycles. The summed E-state index contributed by atoms with van der Waals surface area (Å²) in [5.74, 6) is 2.58. The van der Waals surface area contributed by atoms with Gasteiger partial charge in [-0.3, -0.25) is 0 Å². The molecule has 0 fully saturated rings. The number of aryl methyl sites for hydroxylation is 1. The smallest absolute Gasteiger partial charge is 0.193 e. The van der Waals surface area contributed by atoms with Crippen molar-refractivity contribution in [1.29, 1.82) is 0 Å². The molecule has 0 radical (unpaired) electrons. The van der Waals surface area contributed by atoms with Crippen molar-refractivity contribution in [2.75, 3.05) is 25.1 Å². The lowest BCUT2D eigenvalue weighted by Crippen LogP contribution is -2.23. The summed E-state index contributed by atoms with van der Waals surface area (Å²) in [7, 11) is 0. The van der Waals surface area contributed by atoms with Gasteiger partial charge in [-0.1, -0.05) is 12.1 Å². The molecular weight excluding hydrogens is 469 g/mol. The lowest BCUT2D eigenvalue weighted by Gasteiger charge is -2.14. The highest BCUT2D eigenvalue weighted by molar-refractivity contribution is 14.0. The normalized spacial score (nSPS) is 10.8. The minimum absolute atomic E-state index is 0. The summed E-state index contributed by atoms with van der Waals surface area (Å²) in [6.45, 7) is 10.0. The first-order valence-corrected chi connectivity index (χ1v) is 9.26. The molecule has 2 aromatic carbocycles. The monoisotopic (exact) mass is 499 g/mol. The van der Waals surface area contributed by atoms with Gasteiger partial charge in [-0.25, -0.2) is 4.99 Å². The molecule has 0 bridgehead atoms. The Kier molecular flexibility index (Phi) is 10.5. The molecule has 0 aliphatic rings. The van der Waals surface area contributed by atoms with E-state index in [1.807, 2.05) is 64.1 Å². The van der Waals surface area contributed by atoms with Gasteiger partial charge < -0.3 is 25.3 Å². The van der Waals surface area contributed by atoms with Gasteiger partial charge in [0.05, 0.1) is 32.1 Å². The van der Waals surface area contributed by atoms with Crippen LogP contribution in [0.3, 0.4) is 0 Å². The van der Waals surface area contributed by atoms with E-state index < -0.39 is 0 Å². The fourth-order valence-corrected chi connectivity index (χ4v) is 2.57. The Morgan fingerprint density at radius 2 is 1.61 bits per heavy atom. The van der Waals surface area contributed by atoms with Crippen molar-refractivity contribution < 1.29 is 14.2 Å². The van der Waals surface area contributed by atoms with Crippen LogP contribution in [0.25, 0.3) is 0 Å². The second-order valence-electron chi connectivity index (χ2n) is 5.89. The lowest BCUT2D eigenvalue weighted by molar-refractivity contribution is 0.332. The molecule has 0 saturated carbocycles. The van der Waals surface area contributed by atoms with Crippen molar-refractivity contribution in [1.82, 2.24) is 0 Å². The predicted molar refractivity (Wildman–Crippen MR) is 125 cm³/mol. The number of nitrogens with two attached hydrogens (primary N) is 1. The van der Waals surface area contributed by atoms with E-state index in [1.165, 1.54) is 0 Å². The molecule has 0 aliphatic heterocycles. The number of ether oxygens (including phenoxy) is 3. The van der Waals surface area contributed by atoms with Crippen molar-refractivity contribution in [3.63, 3.8) is 0 Å². The van der Waals surface area contributed by atoms with Crippen LogP contribution in [0.1, 0.15) is 31.9 Å². The highest BCUT2D eigenvalue weighted by Gasteiger charge is 2.08. The molecule has 0 unspecified atom stereocenters. The molecule has 0 aliphatic carbocycles. The molecule has 3 N–H and O–H groups in total. The summed E-state index contributed by atoms with van der Waals surface area (Å²) < 4.78 is 16.9. The van der Waals surface area contributed by atoms with Crippen molar-refractivity contribution in [2.24, 2.45) is 10.7 Å². The molecule has 28 heavy (non-hydrogen) atoms. The zero-order chi connectivity index (χ0) is 19.6. The first-order valence-electron chi connectivity index (χ1n) is 9.26. The Morgan fingerprint density at radius 1 is 0.929 bits per heavy atom. The molecule has 6 nitrogen and oxygen atoms in total. The van der Waals surface area contributed by atoms with Gasteiger partial charge in [-0.2, -0.15) is 0 Å². The standard InChI is InChI=1S/C21H29N3O3.HI/c1-5-25-17-10-11-19(26-6-2)18(13-17)24-21(22)23-14-16-9-8-15(4)12-20(16)27-7-3;/h8-13H,5-7,14H2,1-4H3,(H3,22,23,24);1H. The van der Waals surface area contributed by atoms with E-state index in [0.29, 0.717) is 38.1 Å². The largest absolute Gasteiger partial charge is 0.494 e. The van der Waals surface area contributed by atoms with Gasteiger partial charge in [-0.05, 0) is 51.5 Å². The molecule has 0 heterocycles. The van der Waals surface area contributed by atoms with Gasteiger partial charge in [0.1, 0.15) is 17.2 Å². The van der Waals surface area contributed by atoms with Gasteiger partial charge in [0, 0.05) is 11.6 Å². The number of hydrogen-bond donors (Lipinski definition) is 2. The van der Waals surface area contributed by atoms with Crippen LogP contribution in [0, 0.1) is 6.92 Å². The average molecular weight is 499 g/mol. The predicted octanol–water partition coefficient (Wildman–Crippen LogP) is 4.74. The van der Waals surface area contributed by atoms with Crippen molar-refractivity contribution in [3.05, 3.63) is 47.5 Å². The Morgan fingerprint density at radius 3 is 2.29 bits per heavy atom. The maximum atomic E-state index is 6.10. The summed E-state index contributed by atoms with van der Waals surface area (Å²) >= 11 is 0. The Hall–Kier alpha value is -2.16. The average Bonchev–Trinajstić information content (AvgIpc) is 2.64. The zero-order valence-electron chi connectivity index (χ0n) is 17.0. The highest BCUT2D eigenvalue weighted by atomic mass is 127. The molecule has 7 heteroatoms. The molecule has 0 spiro atoms. The summed E-state index contributed by atoms with van der Waals surface area (Å²) in [5.41, 5.74) is 8.95. The van der Waals surface area contributed by atoms with Crippen LogP contribution in [0.15, 0.2) is 41.4 Å². The number of guanidine groups is 1. The molecule has 154 valence electrons. The minimum Gasteiger partial charge on any atom is -0.494 e. The van der Waals surface area contributed by atoms with Crippen LogP contribution in [0.4, 0.5) is 5.69 Å². The third kappa shape index (κ3) is 7.10. The second kappa shape index (κ2) is 12.3. The maximum Gasteiger partial charge on any atom is 0.193 e. The number of halogens is 1. The first kappa shape index (κ1) is 23.9. The van der Waals surface area contributed by atoms with Gasteiger partial charge in [0.2, 0.25) is 0 Å². The van der Waals surface area contributed by atoms with Crippen LogP contribution in [0.5, 0.6) is 17.2 Å². The van der Waals surface area contributed by atoms with Gasteiger partial charge in [-0.15, -0.1) is 24.0 Å². The Bertz CT molecular complexity index is 781. The maximum absolute atomic E-state index is 6.10. The van der Waals surface area contributed by atoms with E-state index in [4.69, 9.17) is 19.9 Å². The van der Waals surface area contributed by atoms with E-state index >= 15 is 0 Å². The third-order valence-corrected chi connectivity index (χ3v) is 3.77. The summed E-state index contributed by atoms with van der Waals surface area (Å²) in [6, 6.07) is 11.6. The van der Waals surface area contributed by atoms with E-state index in [0.717, 1.165) is 28.3 Å². The fraction of sp³-hybridized carbons (Fsp3) is 0.381. The third-order valence-electron chi connectivity index (χ3n) is 3.77. The molecule has 0 saturated heterocycles. The van der Waals surface area contributed by atoms with Crippen LogP contribution in [-0.2, 0) is 6.54 Å². The molecule has 0 atom stereocenters.